The first-order valence-corrected chi connectivity index (χ1v) is 10.8. The van der Waals surface area contributed by atoms with Crippen molar-refractivity contribution < 1.29 is 23.8 Å². The second kappa shape index (κ2) is 9.29. The second-order valence-electron chi connectivity index (χ2n) is 7.85. The highest BCUT2D eigenvalue weighted by Crippen LogP contribution is 2.29. The number of ether oxygens (including phenoxy) is 3. The molecule has 2 aliphatic heterocycles. The van der Waals surface area contributed by atoms with Crippen LogP contribution in [0, 0.1) is 0 Å². The van der Waals surface area contributed by atoms with Crippen molar-refractivity contribution >= 4 is 17.6 Å². The van der Waals surface area contributed by atoms with Crippen molar-refractivity contribution in [2.75, 3.05) is 31.6 Å². The smallest absolute Gasteiger partial charge is 0.272 e. The number of hydrogen-bond donors (Lipinski definition) is 2. The summed E-state index contributed by atoms with van der Waals surface area (Å²) in [6, 6.07) is 9.96. The third-order valence-corrected chi connectivity index (χ3v) is 5.42. The Morgan fingerprint density at radius 2 is 2.00 bits per heavy atom. The van der Waals surface area contributed by atoms with E-state index in [2.05, 4.69) is 20.5 Å². The minimum absolute atomic E-state index is 0.0836. The largest absolute Gasteiger partial charge is 0.488 e. The van der Waals surface area contributed by atoms with E-state index in [0.29, 0.717) is 47.5 Å². The minimum Gasteiger partial charge on any atom is -0.488 e. The van der Waals surface area contributed by atoms with Gasteiger partial charge < -0.3 is 24.4 Å². The topological polar surface area (TPSA) is 119 Å². The van der Waals surface area contributed by atoms with Crippen molar-refractivity contribution in [2.24, 2.45) is 0 Å². The molecule has 170 valence electrons. The molecule has 1 atom stereocenters. The molecule has 0 bridgehead atoms. The molecular formula is C23H23N5O5. The molecule has 2 saturated heterocycles. The molecule has 5 rings (SSSR count). The van der Waals surface area contributed by atoms with Crippen LogP contribution >= 0.6 is 0 Å². The third kappa shape index (κ3) is 4.96. The summed E-state index contributed by atoms with van der Waals surface area (Å²) in [5.74, 6) is 1.40. The Labute approximate surface area is 189 Å². The fraction of sp³-hybridized carbons (Fsp3) is 0.304. The van der Waals surface area contributed by atoms with Crippen LogP contribution in [0.2, 0.25) is 0 Å². The molecule has 0 aliphatic carbocycles. The zero-order valence-electron chi connectivity index (χ0n) is 17.8. The van der Waals surface area contributed by atoms with Crippen LogP contribution in [0.1, 0.15) is 33.7 Å². The highest BCUT2D eigenvalue weighted by molar-refractivity contribution is 6.04. The second-order valence-corrected chi connectivity index (χ2v) is 7.85. The number of nitrogens with one attached hydrogen (secondary N) is 2. The monoisotopic (exact) mass is 449 g/mol. The number of rotatable bonds is 7. The normalized spacial score (nSPS) is 17.3. The zero-order valence-corrected chi connectivity index (χ0v) is 17.8. The van der Waals surface area contributed by atoms with Gasteiger partial charge in [-0.1, -0.05) is 0 Å². The van der Waals surface area contributed by atoms with Gasteiger partial charge in [0.15, 0.2) is 0 Å². The maximum Gasteiger partial charge on any atom is 0.272 e. The van der Waals surface area contributed by atoms with Gasteiger partial charge in [-0.05, 0) is 30.7 Å². The van der Waals surface area contributed by atoms with Crippen molar-refractivity contribution in [3.8, 4) is 17.2 Å². The lowest BCUT2D eigenvalue weighted by Crippen LogP contribution is -2.42. The Bertz CT molecular complexity index is 1120. The predicted octanol–water partition coefficient (Wildman–Crippen LogP) is 2.86. The quantitative estimate of drug-likeness (QED) is 0.569. The number of pyridine rings is 1. The summed E-state index contributed by atoms with van der Waals surface area (Å²) in [6.45, 7) is 2.67. The van der Waals surface area contributed by atoms with Gasteiger partial charge >= 0.3 is 0 Å². The summed E-state index contributed by atoms with van der Waals surface area (Å²) in [5.41, 5.74) is 0.730. The first-order valence-electron chi connectivity index (χ1n) is 10.8. The molecule has 2 aliphatic rings. The van der Waals surface area contributed by atoms with Gasteiger partial charge in [0.05, 0.1) is 25.6 Å². The van der Waals surface area contributed by atoms with Crippen LogP contribution in [-0.4, -0.2) is 64.3 Å². The Balaban J connectivity index is 1.35. The van der Waals surface area contributed by atoms with Gasteiger partial charge in [0.2, 0.25) is 0 Å². The maximum absolute atomic E-state index is 12.8. The van der Waals surface area contributed by atoms with Crippen LogP contribution in [0.3, 0.4) is 0 Å². The molecule has 3 aromatic rings. The van der Waals surface area contributed by atoms with Crippen LogP contribution in [0.15, 0.2) is 48.8 Å². The van der Waals surface area contributed by atoms with E-state index in [9.17, 15) is 9.59 Å². The summed E-state index contributed by atoms with van der Waals surface area (Å²) >= 11 is 0. The third-order valence-electron chi connectivity index (χ3n) is 5.42. The van der Waals surface area contributed by atoms with Gasteiger partial charge in [-0.15, -0.1) is 0 Å². The van der Waals surface area contributed by atoms with Gasteiger partial charge in [-0.2, -0.15) is 5.10 Å². The standard InChI is InChI=1S/C23H23N5O5/c29-22(26-21-4-6-25-27-21)15-10-18(12-19(11-15)33-17-5-9-31-14-17)32-16-2-3-20(24-13-16)23(30)28-7-1-8-28/h2-4,6,10-13,17H,1,5,7-9,14H2,(H2,25,26,27,29)/t17-/m0/s1. The van der Waals surface area contributed by atoms with E-state index in [0.717, 1.165) is 25.9 Å². The number of carbonyl (C=O) groups is 2. The van der Waals surface area contributed by atoms with Crippen molar-refractivity contribution in [1.29, 1.82) is 0 Å². The number of benzene rings is 1. The summed E-state index contributed by atoms with van der Waals surface area (Å²) in [6.07, 6.45) is 4.76. The number of nitrogens with zero attached hydrogens (tertiary/aromatic N) is 3. The summed E-state index contributed by atoms with van der Waals surface area (Å²) < 4.78 is 17.3. The first kappa shape index (κ1) is 21.0. The Hall–Kier alpha value is -3.92. The number of hydrogen-bond acceptors (Lipinski definition) is 7. The van der Waals surface area contributed by atoms with E-state index < -0.39 is 0 Å². The average Bonchev–Trinajstić information content (AvgIpc) is 3.47. The van der Waals surface area contributed by atoms with E-state index in [1.807, 2.05) is 0 Å². The highest BCUT2D eigenvalue weighted by atomic mass is 16.5. The fourth-order valence-corrected chi connectivity index (χ4v) is 3.53. The first-order chi connectivity index (χ1) is 16.1. The van der Waals surface area contributed by atoms with Gasteiger partial charge in [-0.3, -0.25) is 14.7 Å². The van der Waals surface area contributed by atoms with Crippen molar-refractivity contribution in [3.63, 3.8) is 0 Å². The van der Waals surface area contributed by atoms with E-state index >= 15 is 0 Å². The molecule has 33 heavy (non-hydrogen) atoms. The lowest BCUT2D eigenvalue weighted by Gasteiger charge is -2.30. The van der Waals surface area contributed by atoms with Gasteiger partial charge in [0, 0.05) is 37.2 Å². The maximum atomic E-state index is 12.8. The van der Waals surface area contributed by atoms with E-state index in [4.69, 9.17) is 14.2 Å². The van der Waals surface area contributed by atoms with Crippen LogP contribution < -0.4 is 14.8 Å². The molecule has 0 spiro atoms. The summed E-state index contributed by atoms with van der Waals surface area (Å²) in [4.78, 5) is 31.1. The molecule has 0 saturated carbocycles. The van der Waals surface area contributed by atoms with Crippen LogP contribution in [-0.2, 0) is 4.74 Å². The lowest BCUT2D eigenvalue weighted by atomic mass is 10.1. The van der Waals surface area contributed by atoms with Crippen molar-refractivity contribution in [3.05, 3.63) is 60.0 Å². The average molecular weight is 449 g/mol. The molecule has 2 aromatic heterocycles. The summed E-state index contributed by atoms with van der Waals surface area (Å²) in [7, 11) is 0. The van der Waals surface area contributed by atoms with Gasteiger partial charge in [0.25, 0.3) is 11.8 Å². The van der Waals surface area contributed by atoms with Crippen molar-refractivity contribution in [2.45, 2.75) is 18.9 Å². The number of amides is 2. The fourth-order valence-electron chi connectivity index (χ4n) is 3.53. The van der Waals surface area contributed by atoms with Gasteiger partial charge in [0.1, 0.15) is 34.9 Å². The molecule has 2 amide bonds. The lowest BCUT2D eigenvalue weighted by molar-refractivity contribution is 0.0645. The van der Waals surface area contributed by atoms with E-state index in [-0.39, 0.29) is 17.9 Å². The summed E-state index contributed by atoms with van der Waals surface area (Å²) in [5, 5.41) is 9.27. The van der Waals surface area contributed by atoms with Crippen LogP contribution in [0.4, 0.5) is 5.82 Å². The SMILES string of the molecule is O=C(Nc1ccn[nH]1)c1cc(Oc2ccc(C(=O)N3CCC3)nc2)cc(O[C@H]2CCOC2)c1. The number of aromatic nitrogens is 3. The molecule has 1 aromatic carbocycles. The Morgan fingerprint density at radius 1 is 1.12 bits per heavy atom. The van der Waals surface area contributed by atoms with E-state index in [1.54, 1.807) is 47.5 Å². The van der Waals surface area contributed by atoms with E-state index in [1.165, 1.54) is 6.20 Å². The molecule has 10 nitrogen and oxygen atoms in total. The molecule has 0 unspecified atom stereocenters. The molecule has 4 heterocycles. The number of H-pyrrole nitrogens is 1. The molecule has 2 fully saturated rings. The Morgan fingerprint density at radius 3 is 2.67 bits per heavy atom. The highest BCUT2D eigenvalue weighted by Gasteiger charge is 2.23. The van der Waals surface area contributed by atoms with Gasteiger partial charge in [-0.25, -0.2) is 4.98 Å². The number of aromatic amines is 1. The molecule has 10 heteroatoms. The minimum atomic E-state index is -0.342. The number of anilines is 1. The van der Waals surface area contributed by atoms with Crippen molar-refractivity contribution in [1.82, 2.24) is 20.1 Å². The van der Waals surface area contributed by atoms with Crippen LogP contribution in [0.25, 0.3) is 0 Å². The number of likely N-dealkylation sites (tertiary alicyclic amines) is 1. The zero-order chi connectivity index (χ0) is 22.6. The number of carbonyl (C=O) groups excluding carboxylic acids is 2. The molecular weight excluding hydrogens is 426 g/mol. The van der Waals surface area contributed by atoms with Crippen LogP contribution in [0.5, 0.6) is 17.2 Å². The molecule has 2 N–H and O–H groups in total. The Kier molecular flexibility index (Phi) is 5.90. The molecule has 0 radical (unpaired) electrons. The predicted molar refractivity (Wildman–Crippen MR) is 118 cm³/mol.